The van der Waals surface area contributed by atoms with Gasteiger partial charge in [-0.05, 0) is 31.4 Å². The minimum Gasteiger partial charge on any atom is -0.351 e. The number of alkyl halides is 1. The van der Waals surface area contributed by atoms with Gasteiger partial charge in [0, 0.05) is 22.7 Å². The van der Waals surface area contributed by atoms with E-state index in [-0.39, 0.29) is 11.3 Å². The van der Waals surface area contributed by atoms with E-state index in [0.717, 1.165) is 24.1 Å². The van der Waals surface area contributed by atoms with Crippen LogP contribution in [0.25, 0.3) is 0 Å². The zero-order chi connectivity index (χ0) is 13.6. The summed E-state index contributed by atoms with van der Waals surface area (Å²) in [5.74, 6) is 0.612. The van der Waals surface area contributed by atoms with Crippen molar-refractivity contribution in [1.29, 1.82) is 0 Å². The van der Waals surface area contributed by atoms with E-state index in [1.807, 2.05) is 12.1 Å². The average Bonchev–Trinajstić information content (AvgIpc) is 2.89. The normalized spacial score (nSPS) is 11.6. The van der Waals surface area contributed by atoms with Gasteiger partial charge in [-0.1, -0.05) is 20.8 Å². The molecule has 1 aromatic rings. The predicted molar refractivity (Wildman–Crippen MR) is 79.8 cm³/mol. The Labute approximate surface area is 119 Å². The molecule has 0 saturated heterocycles. The van der Waals surface area contributed by atoms with Gasteiger partial charge in [-0.2, -0.15) is 0 Å². The second kappa shape index (κ2) is 7.15. The van der Waals surface area contributed by atoms with Crippen molar-refractivity contribution in [3.63, 3.8) is 0 Å². The molecule has 1 aromatic heterocycles. The fourth-order valence-corrected chi connectivity index (χ4v) is 3.12. The summed E-state index contributed by atoms with van der Waals surface area (Å²) in [4.78, 5) is 14.1. The zero-order valence-corrected chi connectivity index (χ0v) is 13.0. The number of carbonyl (C=O) groups is 1. The van der Waals surface area contributed by atoms with Crippen LogP contribution in [0.5, 0.6) is 0 Å². The Morgan fingerprint density at radius 1 is 1.33 bits per heavy atom. The number of halogens is 1. The van der Waals surface area contributed by atoms with Gasteiger partial charge in [-0.15, -0.1) is 22.9 Å². The quantitative estimate of drug-likeness (QED) is 0.752. The summed E-state index contributed by atoms with van der Waals surface area (Å²) < 4.78 is 0. The summed E-state index contributed by atoms with van der Waals surface area (Å²) in [6, 6.07) is 3.92. The Hall–Kier alpha value is -0.540. The van der Waals surface area contributed by atoms with Gasteiger partial charge >= 0.3 is 0 Å². The fourth-order valence-electron chi connectivity index (χ4n) is 1.78. The van der Waals surface area contributed by atoms with Crippen molar-refractivity contribution in [3.05, 3.63) is 21.9 Å². The van der Waals surface area contributed by atoms with Gasteiger partial charge in [0.05, 0.1) is 4.88 Å². The third-order valence-corrected chi connectivity index (χ3v) is 5.44. The van der Waals surface area contributed by atoms with E-state index in [4.69, 9.17) is 11.6 Å². The molecule has 1 N–H and O–H groups in total. The molecule has 0 aliphatic heterocycles. The minimum absolute atomic E-state index is 0.0242. The van der Waals surface area contributed by atoms with Crippen molar-refractivity contribution in [1.82, 2.24) is 5.32 Å². The average molecular weight is 288 g/mol. The van der Waals surface area contributed by atoms with Gasteiger partial charge in [-0.3, -0.25) is 4.79 Å². The van der Waals surface area contributed by atoms with Gasteiger partial charge in [0.25, 0.3) is 5.91 Å². The topological polar surface area (TPSA) is 29.1 Å². The third kappa shape index (κ3) is 3.72. The number of hydrogen-bond acceptors (Lipinski definition) is 2. The highest BCUT2D eigenvalue weighted by Gasteiger charge is 2.26. The molecule has 4 heteroatoms. The van der Waals surface area contributed by atoms with Crippen LogP contribution in [-0.2, 0) is 6.42 Å². The summed E-state index contributed by atoms with van der Waals surface area (Å²) >= 11 is 7.60. The van der Waals surface area contributed by atoms with Crippen molar-refractivity contribution >= 4 is 28.8 Å². The molecule has 0 aliphatic rings. The van der Waals surface area contributed by atoms with Gasteiger partial charge < -0.3 is 5.32 Å². The molecule has 18 heavy (non-hydrogen) atoms. The van der Waals surface area contributed by atoms with E-state index in [9.17, 15) is 4.79 Å². The molecule has 0 aliphatic carbocycles. The first kappa shape index (κ1) is 15.5. The Morgan fingerprint density at radius 2 is 2.00 bits per heavy atom. The summed E-state index contributed by atoms with van der Waals surface area (Å²) in [6.07, 6.45) is 2.95. The molecule has 1 rings (SSSR count). The van der Waals surface area contributed by atoms with Crippen molar-refractivity contribution in [2.24, 2.45) is 5.41 Å². The first-order valence-corrected chi connectivity index (χ1v) is 7.88. The van der Waals surface area contributed by atoms with Crippen molar-refractivity contribution in [3.8, 4) is 0 Å². The number of aryl methyl sites for hydroxylation is 1. The Balaban J connectivity index is 2.59. The monoisotopic (exact) mass is 287 g/mol. The van der Waals surface area contributed by atoms with E-state index in [1.54, 1.807) is 11.3 Å². The maximum atomic E-state index is 12.0. The lowest BCUT2D eigenvalue weighted by molar-refractivity contribution is 0.0936. The molecular weight excluding hydrogens is 266 g/mol. The van der Waals surface area contributed by atoms with E-state index in [1.165, 1.54) is 4.88 Å². The Bertz CT molecular complexity index is 377. The van der Waals surface area contributed by atoms with Crippen LogP contribution in [0.4, 0.5) is 0 Å². The van der Waals surface area contributed by atoms with Crippen LogP contribution in [0.3, 0.4) is 0 Å². The molecule has 0 radical (unpaired) electrons. The number of rotatable bonds is 7. The van der Waals surface area contributed by atoms with Gasteiger partial charge in [-0.25, -0.2) is 0 Å². The van der Waals surface area contributed by atoms with Crippen molar-refractivity contribution in [2.45, 2.75) is 40.0 Å². The largest absolute Gasteiger partial charge is 0.351 e. The summed E-state index contributed by atoms with van der Waals surface area (Å²) in [7, 11) is 0. The lowest BCUT2D eigenvalue weighted by Crippen LogP contribution is -2.38. The van der Waals surface area contributed by atoms with Crippen LogP contribution in [0.1, 0.15) is 48.2 Å². The van der Waals surface area contributed by atoms with E-state index in [2.05, 4.69) is 26.1 Å². The Morgan fingerprint density at radius 3 is 2.44 bits per heavy atom. The highest BCUT2D eigenvalue weighted by atomic mass is 35.5. The van der Waals surface area contributed by atoms with Crippen LogP contribution in [0, 0.1) is 5.41 Å². The molecule has 0 unspecified atom stereocenters. The van der Waals surface area contributed by atoms with Crippen LogP contribution >= 0.6 is 22.9 Å². The van der Waals surface area contributed by atoms with Crippen molar-refractivity contribution in [2.75, 3.05) is 12.4 Å². The number of thiophene rings is 1. The molecule has 102 valence electrons. The molecule has 0 atom stereocenters. The second-order valence-electron chi connectivity index (χ2n) is 4.64. The lowest BCUT2D eigenvalue weighted by Gasteiger charge is -2.29. The van der Waals surface area contributed by atoms with Gasteiger partial charge in [0.2, 0.25) is 0 Å². The first-order valence-electron chi connectivity index (χ1n) is 6.53. The summed E-state index contributed by atoms with van der Waals surface area (Å²) in [6.45, 7) is 7.00. The van der Waals surface area contributed by atoms with Crippen LogP contribution < -0.4 is 5.32 Å². The molecular formula is C14H22ClNOS. The molecule has 2 nitrogen and oxygen atoms in total. The number of hydrogen-bond donors (Lipinski definition) is 1. The molecule has 0 spiro atoms. The van der Waals surface area contributed by atoms with Gasteiger partial charge in [0.1, 0.15) is 0 Å². The number of nitrogens with one attached hydrogen (secondary N) is 1. The predicted octanol–water partition coefficient (Wildman–Crippen LogP) is 4.09. The van der Waals surface area contributed by atoms with E-state index in [0.29, 0.717) is 12.4 Å². The first-order chi connectivity index (χ1) is 8.60. The number of carbonyl (C=O) groups excluding carboxylic acids is 1. The maximum Gasteiger partial charge on any atom is 0.261 e. The molecule has 1 amide bonds. The van der Waals surface area contributed by atoms with Crippen molar-refractivity contribution < 1.29 is 4.79 Å². The standard InChI is InChI=1S/C14H22ClNOS/c1-4-11-7-8-12(18-11)13(17)16-10-14(5-2,6-3)9-15/h7-8H,4-6,9-10H2,1-3H3,(H,16,17). The van der Waals surface area contributed by atoms with Crippen LogP contribution in [0.2, 0.25) is 0 Å². The summed E-state index contributed by atoms with van der Waals surface area (Å²) in [5, 5.41) is 3.02. The van der Waals surface area contributed by atoms with Crippen LogP contribution in [-0.4, -0.2) is 18.3 Å². The van der Waals surface area contributed by atoms with E-state index < -0.39 is 0 Å². The number of amides is 1. The van der Waals surface area contributed by atoms with Crippen LogP contribution in [0.15, 0.2) is 12.1 Å². The van der Waals surface area contributed by atoms with E-state index >= 15 is 0 Å². The SMILES string of the molecule is CCc1ccc(C(=O)NCC(CC)(CC)CCl)s1. The molecule has 0 fully saturated rings. The fraction of sp³-hybridized carbons (Fsp3) is 0.643. The molecule has 0 saturated carbocycles. The zero-order valence-electron chi connectivity index (χ0n) is 11.4. The molecule has 0 bridgehead atoms. The maximum absolute atomic E-state index is 12.0. The Kier molecular flexibility index (Phi) is 6.16. The molecule has 0 aromatic carbocycles. The summed E-state index contributed by atoms with van der Waals surface area (Å²) in [5.41, 5.74) is 0.0298. The minimum atomic E-state index is 0.0242. The lowest BCUT2D eigenvalue weighted by atomic mass is 9.84. The molecule has 1 heterocycles. The third-order valence-electron chi connectivity index (χ3n) is 3.64. The second-order valence-corrected chi connectivity index (χ2v) is 6.08. The highest BCUT2D eigenvalue weighted by Crippen LogP contribution is 2.27. The smallest absolute Gasteiger partial charge is 0.261 e. The van der Waals surface area contributed by atoms with Gasteiger partial charge in [0.15, 0.2) is 0 Å². The highest BCUT2D eigenvalue weighted by molar-refractivity contribution is 7.14.